The molecule has 0 fully saturated rings. The van der Waals surface area contributed by atoms with Crippen molar-refractivity contribution in [3.05, 3.63) is 95.2 Å². The minimum Gasteiger partial charge on any atom is -0.493 e. The molecule has 1 aromatic heterocycles. The standard InChI is InChI=1S/C34H34N2O7S/c1-22-7-16-34(23(2)17-22)44(37,38)36-29-19-25(26-11-15-31(43-21-39-3)33(20-26)42-6)10-12-27(29)28(35-36)13-8-24-9-14-30(40-4)32(18-24)41-5/h7-20H,21H2,1-6H3/b13-8+. The Kier molecular flexibility index (Phi) is 8.93. The maximum Gasteiger partial charge on any atom is 0.283 e. The molecule has 9 nitrogen and oxygen atoms in total. The van der Waals surface area contributed by atoms with Crippen LogP contribution in [0, 0.1) is 13.8 Å². The summed E-state index contributed by atoms with van der Waals surface area (Å²) in [4.78, 5) is 0.189. The van der Waals surface area contributed by atoms with Gasteiger partial charge in [0.2, 0.25) is 0 Å². The van der Waals surface area contributed by atoms with E-state index in [1.54, 1.807) is 59.6 Å². The summed E-state index contributed by atoms with van der Waals surface area (Å²) in [5, 5.41) is 5.31. The molecule has 0 aliphatic carbocycles. The highest BCUT2D eigenvalue weighted by Crippen LogP contribution is 2.36. The van der Waals surface area contributed by atoms with Gasteiger partial charge in [0.25, 0.3) is 10.0 Å². The summed E-state index contributed by atoms with van der Waals surface area (Å²) in [6, 6.07) is 21.9. The van der Waals surface area contributed by atoms with Gasteiger partial charge in [-0.05, 0) is 84.6 Å². The zero-order chi connectivity index (χ0) is 31.4. The number of ether oxygens (including phenoxy) is 5. The van der Waals surface area contributed by atoms with Crippen LogP contribution in [0.15, 0.2) is 77.7 Å². The first-order valence-corrected chi connectivity index (χ1v) is 15.2. The van der Waals surface area contributed by atoms with E-state index in [2.05, 4.69) is 5.10 Å². The molecule has 0 N–H and O–H groups in total. The average molecular weight is 615 g/mol. The average Bonchev–Trinajstić information content (AvgIpc) is 3.41. The number of fused-ring (bicyclic) bond motifs is 1. The van der Waals surface area contributed by atoms with Gasteiger partial charge in [-0.25, -0.2) is 0 Å². The molecule has 1 heterocycles. The Morgan fingerprint density at radius 2 is 1.41 bits per heavy atom. The molecule has 0 unspecified atom stereocenters. The summed E-state index contributed by atoms with van der Waals surface area (Å²) in [5.74, 6) is 2.25. The van der Waals surface area contributed by atoms with E-state index in [1.807, 2.05) is 67.6 Å². The van der Waals surface area contributed by atoms with Crippen LogP contribution in [0.25, 0.3) is 34.2 Å². The topological polar surface area (TPSA) is 98.1 Å². The van der Waals surface area contributed by atoms with Gasteiger partial charge in [-0.2, -0.15) is 17.6 Å². The lowest BCUT2D eigenvalue weighted by Gasteiger charge is -2.12. The molecule has 0 aliphatic heterocycles. The molecule has 0 atom stereocenters. The second-order valence-corrected chi connectivity index (χ2v) is 11.8. The fourth-order valence-corrected chi connectivity index (χ4v) is 6.50. The molecule has 0 spiro atoms. The normalized spacial score (nSPS) is 11.7. The smallest absolute Gasteiger partial charge is 0.283 e. The second-order valence-electron chi connectivity index (χ2n) is 10.1. The van der Waals surface area contributed by atoms with Gasteiger partial charge in [-0.3, -0.25) is 0 Å². The molecular formula is C34H34N2O7S. The maximum absolute atomic E-state index is 14.1. The zero-order valence-electron chi connectivity index (χ0n) is 25.5. The Bertz CT molecular complexity index is 1960. The number of hydrogen-bond donors (Lipinski definition) is 0. The first kappa shape index (κ1) is 30.7. The summed E-state index contributed by atoms with van der Waals surface area (Å²) >= 11 is 0. The van der Waals surface area contributed by atoms with Crippen LogP contribution >= 0.6 is 0 Å². The second kappa shape index (κ2) is 12.8. The molecule has 0 aliphatic rings. The lowest BCUT2D eigenvalue weighted by Crippen LogP contribution is -2.16. The van der Waals surface area contributed by atoms with Crippen LogP contribution < -0.4 is 18.9 Å². The molecule has 0 radical (unpaired) electrons. The van der Waals surface area contributed by atoms with E-state index < -0.39 is 10.0 Å². The molecule has 5 aromatic rings. The third-order valence-corrected chi connectivity index (χ3v) is 8.93. The van der Waals surface area contributed by atoms with Gasteiger partial charge in [0.05, 0.1) is 37.4 Å². The minimum absolute atomic E-state index is 0.0801. The van der Waals surface area contributed by atoms with E-state index in [4.69, 9.17) is 23.7 Å². The van der Waals surface area contributed by atoms with E-state index in [0.717, 1.165) is 26.3 Å². The Morgan fingerprint density at radius 1 is 0.727 bits per heavy atom. The number of methoxy groups -OCH3 is 4. The third kappa shape index (κ3) is 5.99. The Labute approximate surface area is 257 Å². The van der Waals surface area contributed by atoms with E-state index in [1.165, 1.54) is 0 Å². The SMILES string of the molecule is COCOc1ccc(-c2ccc3c(/C=C/c4ccc(OC)c(OC)c4)nn(S(=O)(=O)c4ccc(C)cc4C)c3c2)cc1OC. The van der Waals surface area contributed by atoms with Crippen molar-refractivity contribution in [2.75, 3.05) is 35.2 Å². The molecule has 44 heavy (non-hydrogen) atoms. The third-order valence-electron chi connectivity index (χ3n) is 7.18. The zero-order valence-corrected chi connectivity index (χ0v) is 26.3. The Balaban J connectivity index is 1.66. The van der Waals surface area contributed by atoms with E-state index >= 15 is 0 Å². The van der Waals surface area contributed by atoms with Crippen molar-refractivity contribution >= 4 is 33.1 Å². The number of aromatic nitrogens is 2. The summed E-state index contributed by atoms with van der Waals surface area (Å²) in [6.07, 6.45) is 3.65. The van der Waals surface area contributed by atoms with E-state index in [-0.39, 0.29) is 11.7 Å². The summed E-state index contributed by atoms with van der Waals surface area (Å²) in [6.45, 7) is 3.79. The van der Waals surface area contributed by atoms with Crippen molar-refractivity contribution in [3.63, 3.8) is 0 Å². The van der Waals surface area contributed by atoms with Crippen LogP contribution in [-0.2, 0) is 14.8 Å². The van der Waals surface area contributed by atoms with Crippen LogP contribution in [0.1, 0.15) is 22.4 Å². The van der Waals surface area contributed by atoms with Gasteiger partial charge >= 0.3 is 0 Å². The van der Waals surface area contributed by atoms with E-state index in [9.17, 15) is 8.42 Å². The molecule has 10 heteroatoms. The lowest BCUT2D eigenvalue weighted by atomic mass is 10.0. The lowest BCUT2D eigenvalue weighted by molar-refractivity contribution is 0.0492. The van der Waals surface area contributed by atoms with Crippen molar-refractivity contribution in [1.29, 1.82) is 0 Å². The Morgan fingerprint density at radius 3 is 2.11 bits per heavy atom. The fraction of sp³-hybridized carbons (Fsp3) is 0.206. The molecule has 4 aromatic carbocycles. The summed E-state index contributed by atoms with van der Waals surface area (Å²) in [5.41, 5.74) is 4.97. The molecule has 0 saturated carbocycles. The van der Waals surface area contributed by atoms with Crippen molar-refractivity contribution in [2.24, 2.45) is 0 Å². The van der Waals surface area contributed by atoms with Gasteiger partial charge in [-0.1, -0.05) is 42.0 Å². The first-order valence-electron chi connectivity index (χ1n) is 13.8. The van der Waals surface area contributed by atoms with Crippen LogP contribution in [0.5, 0.6) is 23.0 Å². The van der Waals surface area contributed by atoms with Gasteiger partial charge in [-0.15, -0.1) is 0 Å². The van der Waals surface area contributed by atoms with Gasteiger partial charge in [0.15, 0.2) is 29.8 Å². The maximum atomic E-state index is 14.1. The highest BCUT2D eigenvalue weighted by Gasteiger charge is 2.25. The number of nitrogens with zero attached hydrogens (tertiary/aromatic N) is 2. The molecule has 0 bridgehead atoms. The molecule has 5 rings (SSSR count). The molecule has 0 saturated heterocycles. The van der Waals surface area contributed by atoms with Gasteiger partial charge < -0.3 is 23.7 Å². The predicted octanol–water partition coefficient (Wildman–Crippen LogP) is 6.74. The number of benzene rings is 4. The van der Waals surface area contributed by atoms with Crippen molar-refractivity contribution in [1.82, 2.24) is 9.19 Å². The highest BCUT2D eigenvalue weighted by molar-refractivity contribution is 7.90. The van der Waals surface area contributed by atoms with Gasteiger partial charge in [0.1, 0.15) is 0 Å². The number of rotatable bonds is 11. The largest absolute Gasteiger partial charge is 0.493 e. The number of aryl methyl sites for hydroxylation is 2. The monoisotopic (exact) mass is 614 g/mol. The summed E-state index contributed by atoms with van der Waals surface area (Å²) in [7, 11) is 2.21. The van der Waals surface area contributed by atoms with Crippen molar-refractivity contribution in [3.8, 4) is 34.1 Å². The van der Waals surface area contributed by atoms with Crippen LogP contribution in [0.2, 0.25) is 0 Å². The minimum atomic E-state index is -4.05. The number of hydrogen-bond acceptors (Lipinski definition) is 8. The summed E-state index contributed by atoms with van der Waals surface area (Å²) < 4.78 is 56.3. The fourth-order valence-electron chi connectivity index (χ4n) is 5.00. The van der Waals surface area contributed by atoms with Crippen molar-refractivity contribution < 1.29 is 32.1 Å². The predicted molar refractivity (Wildman–Crippen MR) is 171 cm³/mol. The first-order chi connectivity index (χ1) is 21.2. The van der Waals surface area contributed by atoms with Crippen molar-refractivity contribution in [2.45, 2.75) is 18.7 Å². The van der Waals surface area contributed by atoms with Gasteiger partial charge in [0, 0.05) is 12.5 Å². The van der Waals surface area contributed by atoms with E-state index in [0.29, 0.717) is 45.2 Å². The Hall–Kier alpha value is -4.80. The molecule has 228 valence electrons. The molecule has 0 amide bonds. The molecular weight excluding hydrogens is 580 g/mol. The van der Waals surface area contributed by atoms with Crippen LogP contribution in [0.3, 0.4) is 0 Å². The van der Waals surface area contributed by atoms with Crippen LogP contribution in [0.4, 0.5) is 0 Å². The van der Waals surface area contributed by atoms with Crippen LogP contribution in [-0.4, -0.2) is 52.8 Å². The highest BCUT2D eigenvalue weighted by atomic mass is 32.2. The quantitative estimate of drug-likeness (QED) is 0.151.